The number of likely N-dealkylation sites (N-methyl/N-ethyl adjacent to an activating group) is 1. The minimum absolute atomic E-state index is 0.119. The number of nitrogens with zero attached hydrogens (tertiary/aromatic N) is 2. The molecule has 1 unspecified atom stereocenters. The van der Waals surface area contributed by atoms with E-state index in [9.17, 15) is 19.1 Å². The van der Waals surface area contributed by atoms with Crippen LogP contribution in [0.4, 0.5) is 15.8 Å². The number of rotatable bonds is 3. The number of Topliss-reactive ketones (excluding diaryl/α,β-unsaturated/α-hetero) is 1. The molecule has 2 heterocycles. The van der Waals surface area contributed by atoms with Crippen LogP contribution in [0.2, 0.25) is 10.0 Å². The van der Waals surface area contributed by atoms with Gasteiger partial charge in [0.25, 0.3) is 11.7 Å². The molecule has 3 aromatic rings. The predicted octanol–water partition coefficient (Wildman–Crippen LogP) is 5.59. The van der Waals surface area contributed by atoms with Crippen LogP contribution < -0.4 is 14.5 Å². The van der Waals surface area contributed by atoms with Crippen molar-refractivity contribution in [1.82, 2.24) is 0 Å². The molecule has 1 fully saturated rings. The molecule has 1 amide bonds. The lowest BCUT2D eigenvalue weighted by Crippen LogP contribution is -2.29. The predicted molar refractivity (Wildman–Crippen MR) is 133 cm³/mol. The minimum atomic E-state index is -1.02. The second kappa shape index (κ2) is 8.91. The number of carbonyl (C=O) groups excluding carboxylic acids is 2. The third-order valence-corrected chi connectivity index (χ3v) is 6.88. The van der Waals surface area contributed by atoms with E-state index < -0.39 is 23.5 Å². The number of aliphatic hydroxyl groups is 1. The zero-order chi connectivity index (χ0) is 24.9. The average Bonchev–Trinajstić information content (AvgIpc) is 3.11. The summed E-state index contributed by atoms with van der Waals surface area (Å²) in [4.78, 5) is 29.7. The molecule has 1 atom stereocenters. The first kappa shape index (κ1) is 23.2. The molecule has 6 nitrogen and oxygen atoms in total. The van der Waals surface area contributed by atoms with Gasteiger partial charge in [-0.2, -0.15) is 0 Å². The zero-order valence-electron chi connectivity index (χ0n) is 18.5. The number of hydrogen-bond acceptors (Lipinski definition) is 5. The molecule has 0 bridgehead atoms. The highest BCUT2D eigenvalue weighted by atomic mass is 35.5. The Bertz CT molecular complexity index is 1390. The Balaban J connectivity index is 1.70. The molecule has 3 aromatic carbocycles. The standard InChI is InChI=1S/C26H19Cl2FN2O4/c1-30-10-11-35-21-9-4-15(12-20(21)30)24(32)22-23(14-2-5-16(29)6-3-14)31(26(34)25(22)33)17-7-8-18(27)19(28)13-17/h2-9,12-13,23,32H,10-11H2,1H3/b24-22-. The van der Waals surface area contributed by atoms with Gasteiger partial charge < -0.3 is 14.7 Å². The van der Waals surface area contributed by atoms with Gasteiger partial charge in [0.2, 0.25) is 0 Å². The van der Waals surface area contributed by atoms with E-state index >= 15 is 0 Å². The molecular formula is C26H19Cl2FN2O4. The largest absolute Gasteiger partial charge is 0.507 e. The smallest absolute Gasteiger partial charge is 0.300 e. The van der Waals surface area contributed by atoms with E-state index in [1.165, 1.54) is 41.3 Å². The first-order chi connectivity index (χ1) is 16.8. The van der Waals surface area contributed by atoms with Gasteiger partial charge in [-0.25, -0.2) is 4.39 Å². The SMILES string of the molecule is CN1CCOc2ccc(/C(O)=C3/C(=O)C(=O)N(c4ccc(Cl)c(Cl)c4)C3c3ccc(F)cc3)cc21. The number of ether oxygens (including phenoxy) is 1. The third kappa shape index (κ3) is 4.00. The average molecular weight is 513 g/mol. The van der Waals surface area contributed by atoms with Crippen molar-refractivity contribution in [3.63, 3.8) is 0 Å². The van der Waals surface area contributed by atoms with Gasteiger partial charge in [-0.3, -0.25) is 14.5 Å². The summed E-state index contributed by atoms with van der Waals surface area (Å²) in [6, 6.07) is 14.0. The normalized spacial score (nSPS) is 19.0. The topological polar surface area (TPSA) is 70.1 Å². The monoisotopic (exact) mass is 512 g/mol. The van der Waals surface area contributed by atoms with Crippen LogP contribution in [0.5, 0.6) is 5.75 Å². The maximum absolute atomic E-state index is 13.7. The zero-order valence-corrected chi connectivity index (χ0v) is 20.0. The van der Waals surface area contributed by atoms with Crippen molar-refractivity contribution < 1.29 is 23.8 Å². The Morgan fingerprint density at radius 2 is 1.77 bits per heavy atom. The van der Waals surface area contributed by atoms with Crippen LogP contribution in [-0.2, 0) is 9.59 Å². The van der Waals surface area contributed by atoms with Gasteiger partial charge in [0.1, 0.15) is 23.9 Å². The van der Waals surface area contributed by atoms with E-state index in [1.54, 1.807) is 24.3 Å². The molecule has 0 radical (unpaired) electrons. The molecule has 5 rings (SSSR count). The highest BCUT2D eigenvalue weighted by Crippen LogP contribution is 2.44. The summed E-state index contributed by atoms with van der Waals surface area (Å²) in [6.07, 6.45) is 0. The molecule has 178 valence electrons. The Labute approximate surface area is 210 Å². The van der Waals surface area contributed by atoms with E-state index in [0.29, 0.717) is 35.7 Å². The second-order valence-corrected chi connectivity index (χ2v) is 9.09. The fraction of sp³-hybridized carbons (Fsp3) is 0.154. The number of carbonyl (C=O) groups is 2. The van der Waals surface area contributed by atoms with Crippen LogP contribution in [0, 0.1) is 5.82 Å². The lowest BCUT2D eigenvalue weighted by Gasteiger charge is -2.28. The van der Waals surface area contributed by atoms with Crippen LogP contribution >= 0.6 is 23.2 Å². The van der Waals surface area contributed by atoms with E-state index in [-0.39, 0.29) is 21.4 Å². The summed E-state index contributed by atoms with van der Waals surface area (Å²) in [5.41, 5.74) is 1.73. The highest BCUT2D eigenvalue weighted by molar-refractivity contribution is 6.52. The van der Waals surface area contributed by atoms with Crippen LogP contribution in [-0.4, -0.2) is 37.0 Å². The summed E-state index contributed by atoms with van der Waals surface area (Å²) >= 11 is 12.2. The van der Waals surface area contributed by atoms with Gasteiger partial charge >= 0.3 is 0 Å². The number of amides is 1. The molecule has 2 aliphatic rings. The quantitative estimate of drug-likeness (QED) is 0.281. The van der Waals surface area contributed by atoms with Crippen molar-refractivity contribution in [3.8, 4) is 5.75 Å². The summed E-state index contributed by atoms with van der Waals surface area (Å²) in [5, 5.41) is 11.8. The molecule has 35 heavy (non-hydrogen) atoms. The molecule has 0 aliphatic carbocycles. The van der Waals surface area contributed by atoms with Crippen LogP contribution in [0.25, 0.3) is 5.76 Å². The van der Waals surface area contributed by atoms with Crippen LogP contribution in [0.3, 0.4) is 0 Å². The Morgan fingerprint density at radius 3 is 2.49 bits per heavy atom. The molecule has 9 heteroatoms. The van der Waals surface area contributed by atoms with E-state index in [0.717, 1.165) is 5.69 Å². The Hall–Kier alpha value is -3.55. The molecule has 2 aliphatic heterocycles. The molecule has 1 N–H and O–H groups in total. The van der Waals surface area contributed by atoms with Gasteiger partial charge in [0.15, 0.2) is 0 Å². The summed E-state index contributed by atoms with van der Waals surface area (Å²) in [5.74, 6) is -1.88. The van der Waals surface area contributed by atoms with Crippen molar-refractivity contribution in [3.05, 3.63) is 93.2 Å². The fourth-order valence-corrected chi connectivity index (χ4v) is 4.64. The number of halogens is 3. The van der Waals surface area contributed by atoms with Crippen molar-refractivity contribution in [2.24, 2.45) is 0 Å². The van der Waals surface area contributed by atoms with E-state index in [4.69, 9.17) is 27.9 Å². The highest BCUT2D eigenvalue weighted by Gasteiger charge is 2.47. The Kier molecular flexibility index (Phi) is 5.91. The molecular weight excluding hydrogens is 494 g/mol. The van der Waals surface area contributed by atoms with Gasteiger partial charge in [-0.15, -0.1) is 0 Å². The van der Waals surface area contributed by atoms with Crippen LogP contribution in [0.1, 0.15) is 17.2 Å². The minimum Gasteiger partial charge on any atom is -0.507 e. The molecule has 0 saturated carbocycles. The summed E-state index contributed by atoms with van der Waals surface area (Å²) in [7, 11) is 1.90. The maximum atomic E-state index is 13.7. The molecule has 1 saturated heterocycles. The molecule has 0 aromatic heterocycles. The first-order valence-electron chi connectivity index (χ1n) is 10.8. The lowest BCUT2D eigenvalue weighted by molar-refractivity contribution is -0.132. The number of fused-ring (bicyclic) bond motifs is 1. The molecule has 0 spiro atoms. The second-order valence-electron chi connectivity index (χ2n) is 8.27. The van der Waals surface area contributed by atoms with Gasteiger partial charge in [0.05, 0.1) is 33.9 Å². The lowest BCUT2D eigenvalue weighted by atomic mass is 9.94. The third-order valence-electron chi connectivity index (χ3n) is 6.14. The van der Waals surface area contributed by atoms with Gasteiger partial charge in [-0.1, -0.05) is 35.3 Å². The van der Waals surface area contributed by atoms with Crippen molar-refractivity contribution >= 4 is 52.0 Å². The van der Waals surface area contributed by atoms with E-state index in [2.05, 4.69) is 0 Å². The van der Waals surface area contributed by atoms with E-state index in [1.807, 2.05) is 11.9 Å². The number of aliphatic hydroxyl groups excluding tert-OH is 1. The first-order valence-corrected chi connectivity index (χ1v) is 11.5. The summed E-state index contributed by atoms with van der Waals surface area (Å²) < 4.78 is 19.4. The van der Waals surface area contributed by atoms with Gasteiger partial charge in [0, 0.05) is 18.3 Å². The fourth-order valence-electron chi connectivity index (χ4n) is 4.35. The Morgan fingerprint density at radius 1 is 1.03 bits per heavy atom. The van der Waals surface area contributed by atoms with Gasteiger partial charge in [-0.05, 0) is 54.1 Å². The number of benzene rings is 3. The van der Waals surface area contributed by atoms with Crippen LogP contribution in [0.15, 0.2) is 66.2 Å². The van der Waals surface area contributed by atoms with Crippen molar-refractivity contribution in [2.45, 2.75) is 6.04 Å². The van der Waals surface area contributed by atoms with Crippen molar-refractivity contribution in [1.29, 1.82) is 0 Å². The number of hydrogen-bond donors (Lipinski definition) is 1. The summed E-state index contributed by atoms with van der Waals surface area (Å²) in [6.45, 7) is 1.20. The van der Waals surface area contributed by atoms with Crippen molar-refractivity contribution in [2.75, 3.05) is 30.0 Å². The number of ketones is 1. The number of anilines is 2. The maximum Gasteiger partial charge on any atom is 0.300 e.